The van der Waals surface area contributed by atoms with Crippen molar-refractivity contribution in [1.82, 2.24) is 24.3 Å². The van der Waals surface area contributed by atoms with Crippen LogP contribution in [0.2, 0.25) is 0 Å². The Morgan fingerprint density at radius 2 is 1.84 bits per heavy atom. The second-order valence-corrected chi connectivity index (χ2v) is 8.18. The summed E-state index contributed by atoms with van der Waals surface area (Å²) in [6.07, 6.45) is 3.22. The number of carbonyl (C=O) groups excluding carboxylic acids is 1. The normalized spacial score (nSPS) is 15.2. The molecule has 1 amide bonds. The molecule has 1 aliphatic rings. The Morgan fingerprint density at radius 3 is 2.61 bits per heavy atom. The number of carbonyl (C=O) groups is 1. The maximum absolute atomic E-state index is 12.5. The number of amides is 1. The van der Waals surface area contributed by atoms with E-state index < -0.39 is 0 Å². The van der Waals surface area contributed by atoms with Crippen molar-refractivity contribution in [3.63, 3.8) is 0 Å². The highest BCUT2D eigenvalue weighted by Crippen LogP contribution is 2.14. The van der Waals surface area contributed by atoms with Gasteiger partial charge in [0.1, 0.15) is 5.82 Å². The van der Waals surface area contributed by atoms with Crippen LogP contribution in [0.5, 0.6) is 0 Å². The van der Waals surface area contributed by atoms with Crippen molar-refractivity contribution in [2.75, 3.05) is 38.1 Å². The number of hydrogen-bond donors (Lipinski definition) is 1. The molecular weight excluding hydrogens is 392 g/mol. The van der Waals surface area contributed by atoms with E-state index in [0.29, 0.717) is 13.1 Å². The maximum Gasteiger partial charge on any atom is 0.328 e. The summed E-state index contributed by atoms with van der Waals surface area (Å²) < 4.78 is 3.27. The Bertz CT molecular complexity index is 1100. The lowest BCUT2D eigenvalue weighted by molar-refractivity contribution is -0.121. The number of nitrogens with zero attached hydrogens (tertiary/aromatic N) is 5. The molecule has 0 atom stereocenters. The highest BCUT2D eigenvalue weighted by atomic mass is 16.2. The van der Waals surface area contributed by atoms with Crippen molar-refractivity contribution in [2.45, 2.75) is 25.9 Å². The van der Waals surface area contributed by atoms with Gasteiger partial charge in [-0.2, -0.15) is 0 Å². The van der Waals surface area contributed by atoms with E-state index in [4.69, 9.17) is 0 Å². The molecule has 1 aromatic carbocycles. The first-order valence-electron chi connectivity index (χ1n) is 10.8. The van der Waals surface area contributed by atoms with Crippen LogP contribution in [0.3, 0.4) is 0 Å². The average Bonchev–Trinajstić information content (AvgIpc) is 2.92. The predicted molar refractivity (Wildman–Crippen MR) is 122 cm³/mol. The van der Waals surface area contributed by atoms with Crippen LogP contribution in [0.1, 0.15) is 18.4 Å². The number of rotatable bonds is 6. The van der Waals surface area contributed by atoms with Gasteiger partial charge in [0.2, 0.25) is 5.91 Å². The van der Waals surface area contributed by atoms with Gasteiger partial charge in [0.15, 0.2) is 0 Å². The lowest BCUT2D eigenvalue weighted by atomic mass is 10.2. The SMILES string of the molecule is CN1CCCN(c2ccc(CNC(=O)CCn3c(=O)n(C)c4ccccc43)cn2)CC1. The van der Waals surface area contributed by atoms with E-state index in [1.54, 1.807) is 16.2 Å². The zero-order chi connectivity index (χ0) is 21.8. The van der Waals surface area contributed by atoms with Crippen molar-refractivity contribution < 1.29 is 4.79 Å². The largest absolute Gasteiger partial charge is 0.355 e. The number of aryl methyl sites for hydroxylation is 2. The zero-order valence-electron chi connectivity index (χ0n) is 18.3. The molecule has 164 valence electrons. The van der Waals surface area contributed by atoms with Crippen LogP contribution in [-0.2, 0) is 24.9 Å². The minimum Gasteiger partial charge on any atom is -0.355 e. The fourth-order valence-corrected chi connectivity index (χ4v) is 4.07. The number of pyridine rings is 1. The fourth-order valence-electron chi connectivity index (χ4n) is 4.07. The molecule has 0 spiro atoms. The molecule has 31 heavy (non-hydrogen) atoms. The second kappa shape index (κ2) is 9.34. The topological polar surface area (TPSA) is 75.4 Å². The molecule has 2 aromatic heterocycles. The van der Waals surface area contributed by atoms with E-state index in [-0.39, 0.29) is 18.0 Å². The molecule has 0 bridgehead atoms. The Hall–Kier alpha value is -3.13. The fraction of sp³-hybridized carbons (Fsp3) is 0.435. The summed E-state index contributed by atoms with van der Waals surface area (Å²) in [5, 5.41) is 2.94. The molecule has 1 aliphatic heterocycles. The van der Waals surface area contributed by atoms with Gasteiger partial charge in [-0.3, -0.25) is 13.9 Å². The molecule has 8 heteroatoms. The quantitative estimate of drug-likeness (QED) is 0.653. The molecule has 0 radical (unpaired) electrons. The van der Waals surface area contributed by atoms with Crippen molar-refractivity contribution in [3.05, 3.63) is 58.6 Å². The van der Waals surface area contributed by atoms with E-state index in [1.807, 2.05) is 42.6 Å². The summed E-state index contributed by atoms with van der Waals surface area (Å²) in [7, 11) is 3.90. The smallest absolute Gasteiger partial charge is 0.328 e. The molecule has 4 rings (SSSR count). The van der Waals surface area contributed by atoms with Gasteiger partial charge >= 0.3 is 5.69 Å². The molecule has 3 aromatic rings. The van der Waals surface area contributed by atoms with Crippen LogP contribution in [0, 0.1) is 0 Å². The third-order valence-electron chi connectivity index (χ3n) is 5.96. The third kappa shape index (κ3) is 4.80. The summed E-state index contributed by atoms with van der Waals surface area (Å²) in [4.78, 5) is 34.1. The van der Waals surface area contributed by atoms with E-state index in [2.05, 4.69) is 27.1 Å². The molecule has 1 fully saturated rings. The van der Waals surface area contributed by atoms with Crippen LogP contribution in [0.25, 0.3) is 11.0 Å². The Morgan fingerprint density at radius 1 is 1.03 bits per heavy atom. The molecular formula is C23H30N6O2. The van der Waals surface area contributed by atoms with Gasteiger partial charge in [0.05, 0.1) is 11.0 Å². The van der Waals surface area contributed by atoms with Gasteiger partial charge in [-0.05, 0) is 43.8 Å². The van der Waals surface area contributed by atoms with Gasteiger partial charge in [-0.1, -0.05) is 18.2 Å². The number of aromatic nitrogens is 3. The number of benzene rings is 1. The summed E-state index contributed by atoms with van der Waals surface area (Å²) in [5.41, 5.74) is 2.58. The van der Waals surface area contributed by atoms with Crippen LogP contribution in [0.4, 0.5) is 5.82 Å². The van der Waals surface area contributed by atoms with Gasteiger partial charge in [0.25, 0.3) is 0 Å². The highest BCUT2D eigenvalue weighted by molar-refractivity contribution is 5.77. The summed E-state index contributed by atoms with van der Waals surface area (Å²) in [5.74, 6) is 0.903. The number of fused-ring (bicyclic) bond motifs is 1. The number of likely N-dealkylation sites (N-methyl/N-ethyl adjacent to an activating group) is 1. The average molecular weight is 423 g/mol. The third-order valence-corrected chi connectivity index (χ3v) is 5.96. The minimum atomic E-state index is -0.103. The first-order valence-corrected chi connectivity index (χ1v) is 10.8. The van der Waals surface area contributed by atoms with Gasteiger partial charge in [-0.15, -0.1) is 0 Å². The van der Waals surface area contributed by atoms with E-state index in [1.165, 1.54) is 0 Å². The summed E-state index contributed by atoms with van der Waals surface area (Å²) in [6, 6.07) is 11.7. The van der Waals surface area contributed by atoms with Crippen LogP contribution < -0.4 is 15.9 Å². The number of nitrogens with one attached hydrogen (secondary N) is 1. The molecule has 1 saturated heterocycles. The number of para-hydroxylation sites is 2. The number of hydrogen-bond acceptors (Lipinski definition) is 5. The van der Waals surface area contributed by atoms with Crippen molar-refractivity contribution >= 4 is 22.8 Å². The van der Waals surface area contributed by atoms with Crippen LogP contribution in [0.15, 0.2) is 47.4 Å². The Balaban J connectivity index is 1.30. The molecule has 1 N–H and O–H groups in total. The molecule has 0 saturated carbocycles. The van der Waals surface area contributed by atoms with Crippen LogP contribution in [-0.4, -0.2) is 58.2 Å². The van der Waals surface area contributed by atoms with E-state index in [9.17, 15) is 9.59 Å². The predicted octanol–water partition coefficient (Wildman–Crippen LogP) is 1.58. The lowest BCUT2D eigenvalue weighted by Crippen LogP contribution is -2.29. The van der Waals surface area contributed by atoms with Crippen molar-refractivity contribution in [2.24, 2.45) is 7.05 Å². The Labute approximate surface area is 182 Å². The van der Waals surface area contributed by atoms with Crippen LogP contribution >= 0.6 is 0 Å². The standard InChI is InChI=1S/C23H30N6O2/c1-26-11-5-12-28(15-14-26)21-9-8-18(16-24-21)17-25-22(30)10-13-29-20-7-4-3-6-19(20)27(2)23(29)31/h3-4,6-9,16H,5,10-15,17H2,1-2H3,(H,25,30). The monoisotopic (exact) mass is 422 g/mol. The van der Waals surface area contributed by atoms with Crippen molar-refractivity contribution in [1.29, 1.82) is 0 Å². The zero-order valence-corrected chi connectivity index (χ0v) is 18.3. The van der Waals surface area contributed by atoms with Gasteiger partial charge < -0.3 is 15.1 Å². The van der Waals surface area contributed by atoms with Gasteiger partial charge in [0, 0.05) is 52.4 Å². The minimum absolute atomic E-state index is 0.0838. The highest BCUT2D eigenvalue weighted by Gasteiger charge is 2.14. The molecule has 3 heterocycles. The van der Waals surface area contributed by atoms with E-state index in [0.717, 1.165) is 55.0 Å². The Kier molecular flexibility index (Phi) is 6.36. The number of anilines is 1. The first-order chi connectivity index (χ1) is 15.0. The lowest BCUT2D eigenvalue weighted by Gasteiger charge is -2.21. The molecule has 8 nitrogen and oxygen atoms in total. The van der Waals surface area contributed by atoms with Gasteiger partial charge in [-0.25, -0.2) is 9.78 Å². The maximum atomic E-state index is 12.5. The molecule has 0 unspecified atom stereocenters. The summed E-state index contributed by atoms with van der Waals surface area (Å²) >= 11 is 0. The van der Waals surface area contributed by atoms with E-state index >= 15 is 0 Å². The van der Waals surface area contributed by atoms with Crippen molar-refractivity contribution in [3.8, 4) is 0 Å². The second-order valence-electron chi connectivity index (χ2n) is 8.18. The number of imidazole rings is 1. The summed E-state index contributed by atoms with van der Waals surface area (Å²) in [6.45, 7) is 4.94. The first kappa shape index (κ1) is 21.1. The molecule has 0 aliphatic carbocycles.